The Balaban J connectivity index is 2.03. The Morgan fingerprint density at radius 3 is 3.00 bits per heavy atom. The van der Waals surface area contributed by atoms with E-state index in [2.05, 4.69) is 34.2 Å². The average molecular weight is 279 g/mol. The molecule has 4 N–H and O–H groups in total. The molecule has 0 aromatic carbocycles. The Morgan fingerprint density at radius 2 is 2.30 bits per heavy atom. The first-order valence-electron chi connectivity index (χ1n) is 6.59. The highest BCUT2D eigenvalue weighted by atomic mass is 16.4. The molecule has 1 aliphatic heterocycles. The summed E-state index contributed by atoms with van der Waals surface area (Å²) < 4.78 is 0. The third-order valence-electron chi connectivity index (χ3n) is 3.71. The minimum absolute atomic E-state index is 0.0802. The lowest BCUT2D eigenvalue weighted by molar-refractivity contribution is 0.0698. The number of piperazine rings is 1. The summed E-state index contributed by atoms with van der Waals surface area (Å²) in [7, 11) is 4.18. The zero-order valence-electron chi connectivity index (χ0n) is 11.8. The Labute approximate surface area is 118 Å². The van der Waals surface area contributed by atoms with E-state index in [1.54, 1.807) is 0 Å². The molecule has 1 atom stereocenters. The van der Waals surface area contributed by atoms with Crippen molar-refractivity contribution in [1.82, 2.24) is 14.8 Å². The predicted molar refractivity (Wildman–Crippen MR) is 78.0 cm³/mol. The molecule has 7 heteroatoms. The first kappa shape index (κ1) is 14.5. The summed E-state index contributed by atoms with van der Waals surface area (Å²) in [5, 5.41) is 12.2. The van der Waals surface area contributed by atoms with Gasteiger partial charge >= 0.3 is 5.97 Å². The number of nitrogens with zero attached hydrogens (tertiary/aromatic N) is 3. The van der Waals surface area contributed by atoms with Gasteiger partial charge in [-0.1, -0.05) is 0 Å². The van der Waals surface area contributed by atoms with Crippen molar-refractivity contribution in [1.29, 1.82) is 0 Å². The van der Waals surface area contributed by atoms with Crippen molar-refractivity contribution in [3.63, 3.8) is 0 Å². The van der Waals surface area contributed by atoms with Gasteiger partial charge in [-0.15, -0.1) is 0 Å². The number of hydrogen-bond acceptors (Lipinski definition) is 6. The summed E-state index contributed by atoms with van der Waals surface area (Å²) in [4.78, 5) is 19.7. The third-order valence-corrected chi connectivity index (χ3v) is 3.71. The van der Waals surface area contributed by atoms with Gasteiger partial charge in [0.1, 0.15) is 5.82 Å². The minimum atomic E-state index is -1.04. The maximum absolute atomic E-state index is 11.0. The number of nitrogens with one attached hydrogen (secondary N) is 1. The molecular weight excluding hydrogens is 258 g/mol. The van der Waals surface area contributed by atoms with Gasteiger partial charge in [0.2, 0.25) is 0 Å². The number of carboxylic acid groups (broad SMARTS) is 1. The van der Waals surface area contributed by atoms with E-state index in [-0.39, 0.29) is 11.3 Å². The number of carboxylic acids is 1. The van der Waals surface area contributed by atoms with Gasteiger partial charge in [-0.2, -0.15) is 0 Å². The Kier molecular flexibility index (Phi) is 4.41. The van der Waals surface area contributed by atoms with Crippen molar-refractivity contribution in [2.45, 2.75) is 6.04 Å². The molecule has 0 bridgehead atoms. The summed E-state index contributed by atoms with van der Waals surface area (Å²) in [6.07, 6.45) is 1.46. The first-order chi connectivity index (χ1) is 9.49. The lowest BCUT2D eigenvalue weighted by atomic mass is 10.1. The quantitative estimate of drug-likeness (QED) is 0.715. The number of rotatable bonds is 4. The molecule has 2 rings (SSSR count). The van der Waals surface area contributed by atoms with Gasteiger partial charge in [0.25, 0.3) is 0 Å². The molecule has 1 unspecified atom stereocenters. The second kappa shape index (κ2) is 6.06. The van der Waals surface area contributed by atoms with E-state index < -0.39 is 5.97 Å². The Hall–Kier alpha value is -1.86. The van der Waals surface area contributed by atoms with Gasteiger partial charge in [0.15, 0.2) is 0 Å². The van der Waals surface area contributed by atoms with Crippen molar-refractivity contribution in [3.8, 4) is 0 Å². The number of hydrogen-bond donors (Lipinski definition) is 3. The van der Waals surface area contributed by atoms with Crippen LogP contribution in [-0.2, 0) is 0 Å². The van der Waals surface area contributed by atoms with Crippen LogP contribution in [0.3, 0.4) is 0 Å². The van der Waals surface area contributed by atoms with Gasteiger partial charge in [0.05, 0.1) is 11.3 Å². The van der Waals surface area contributed by atoms with Crippen LogP contribution in [0.25, 0.3) is 0 Å². The molecule has 0 spiro atoms. The van der Waals surface area contributed by atoms with Gasteiger partial charge in [0, 0.05) is 38.4 Å². The molecule has 7 nitrogen and oxygen atoms in total. The summed E-state index contributed by atoms with van der Waals surface area (Å²) >= 11 is 0. The molecular formula is C13H21N5O2. The lowest BCUT2D eigenvalue weighted by Gasteiger charge is -2.37. The van der Waals surface area contributed by atoms with E-state index in [0.717, 1.165) is 19.6 Å². The maximum Gasteiger partial charge on any atom is 0.337 e. The highest BCUT2D eigenvalue weighted by Gasteiger charge is 2.22. The van der Waals surface area contributed by atoms with Crippen molar-refractivity contribution in [3.05, 3.63) is 17.8 Å². The number of carbonyl (C=O) groups is 1. The number of nitrogens with two attached hydrogens (primary N) is 1. The molecule has 1 fully saturated rings. The number of anilines is 2. The second-order valence-electron chi connectivity index (χ2n) is 5.20. The third kappa shape index (κ3) is 3.17. The first-order valence-corrected chi connectivity index (χ1v) is 6.59. The fourth-order valence-corrected chi connectivity index (χ4v) is 2.34. The van der Waals surface area contributed by atoms with E-state index in [1.807, 2.05) is 0 Å². The average Bonchev–Trinajstić information content (AvgIpc) is 2.41. The Bertz CT molecular complexity index is 494. The Morgan fingerprint density at radius 1 is 1.55 bits per heavy atom. The number of aromatic carboxylic acids is 1. The zero-order chi connectivity index (χ0) is 14.7. The molecule has 2 heterocycles. The summed E-state index contributed by atoms with van der Waals surface area (Å²) in [6, 6.07) is 1.76. The van der Waals surface area contributed by atoms with Crippen LogP contribution < -0.4 is 11.1 Å². The highest BCUT2D eigenvalue weighted by Crippen LogP contribution is 2.20. The van der Waals surface area contributed by atoms with Crippen molar-refractivity contribution in [2.75, 3.05) is 51.3 Å². The van der Waals surface area contributed by atoms with Crippen LogP contribution in [0.2, 0.25) is 0 Å². The van der Waals surface area contributed by atoms with Crippen molar-refractivity contribution in [2.24, 2.45) is 0 Å². The van der Waals surface area contributed by atoms with Crippen LogP contribution in [-0.4, -0.2) is 72.2 Å². The second-order valence-corrected chi connectivity index (χ2v) is 5.20. The fourth-order valence-electron chi connectivity index (χ4n) is 2.34. The molecule has 0 amide bonds. The minimum Gasteiger partial charge on any atom is -0.478 e. The van der Waals surface area contributed by atoms with E-state index >= 15 is 0 Å². The molecule has 1 aromatic heterocycles. The molecule has 0 saturated carbocycles. The van der Waals surface area contributed by atoms with Crippen molar-refractivity contribution >= 4 is 17.5 Å². The van der Waals surface area contributed by atoms with Crippen LogP contribution in [0.15, 0.2) is 12.3 Å². The van der Waals surface area contributed by atoms with Crippen LogP contribution in [0.1, 0.15) is 10.4 Å². The summed E-state index contributed by atoms with van der Waals surface area (Å²) in [6.45, 7) is 3.71. The monoisotopic (exact) mass is 279 g/mol. The molecule has 110 valence electrons. The van der Waals surface area contributed by atoms with Gasteiger partial charge < -0.3 is 21.1 Å². The zero-order valence-corrected chi connectivity index (χ0v) is 11.8. The molecule has 0 aliphatic carbocycles. The largest absolute Gasteiger partial charge is 0.478 e. The van der Waals surface area contributed by atoms with Crippen molar-refractivity contribution < 1.29 is 9.90 Å². The van der Waals surface area contributed by atoms with Crippen LogP contribution in [0.5, 0.6) is 0 Å². The fraction of sp³-hybridized carbons (Fsp3) is 0.538. The number of likely N-dealkylation sites (N-methyl/N-ethyl adjacent to an activating group) is 2. The van der Waals surface area contributed by atoms with Crippen LogP contribution in [0.4, 0.5) is 11.5 Å². The normalized spacial score (nSPS) is 20.8. The standard InChI is InChI=1S/C13H21N5O2/c1-17-5-6-18(2)9(8-17)7-16-12-11(14)10(13(19)20)3-4-15-12/h3-4,9H,5-8,14H2,1-2H3,(H,15,16)(H,19,20). The number of pyridine rings is 1. The number of aromatic nitrogens is 1. The van der Waals surface area contributed by atoms with E-state index in [1.165, 1.54) is 12.3 Å². The van der Waals surface area contributed by atoms with Gasteiger partial charge in [-0.3, -0.25) is 4.90 Å². The molecule has 0 radical (unpaired) electrons. The smallest absolute Gasteiger partial charge is 0.337 e. The maximum atomic E-state index is 11.0. The topological polar surface area (TPSA) is 94.7 Å². The summed E-state index contributed by atoms with van der Waals surface area (Å²) in [5.74, 6) is -0.603. The SMILES string of the molecule is CN1CCN(C)C(CNc2nccc(C(=O)O)c2N)C1. The highest BCUT2D eigenvalue weighted by molar-refractivity contribution is 5.96. The van der Waals surface area contributed by atoms with Gasteiger partial charge in [-0.05, 0) is 20.2 Å². The van der Waals surface area contributed by atoms with E-state index in [0.29, 0.717) is 18.4 Å². The predicted octanol–water partition coefficient (Wildman–Crippen LogP) is 0.0197. The lowest BCUT2D eigenvalue weighted by Crippen LogP contribution is -2.52. The van der Waals surface area contributed by atoms with E-state index in [4.69, 9.17) is 10.8 Å². The molecule has 1 saturated heterocycles. The molecule has 1 aromatic rings. The molecule has 20 heavy (non-hydrogen) atoms. The summed E-state index contributed by atoms with van der Waals surface area (Å²) in [5.41, 5.74) is 6.10. The van der Waals surface area contributed by atoms with Crippen LogP contribution >= 0.6 is 0 Å². The molecule has 1 aliphatic rings. The van der Waals surface area contributed by atoms with Crippen LogP contribution in [0, 0.1) is 0 Å². The van der Waals surface area contributed by atoms with Gasteiger partial charge in [-0.25, -0.2) is 9.78 Å². The van der Waals surface area contributed by atoms with E-state index in [9.17, 15) is 4.79 Å². The number of nitrogen functional groups attached to an aromatic ring is 1.